The zero-order valence-corrected chi connectivity index (χ0v) is 12.1. The van der Waals surface area contributed by atoms with Gasteiger partial charge in [0.05, 0.1) is 6.61 Å². The summed E-state index contributed by atoms with van der Waals surface area (Å²) in [5.74, 6) is 0.908. The van der Waals surface area contributed by atoms with Crippen LogP contribution in [0, 0.1) is 5.92 Å². The van der Waals surface area contributed by atoms with Crippen molar-refractivity contribution in [2.75, 3.05) is 20.3 Å². The van der Waals surface area contributed by atoms with Crippen LogP contribution in [0.3, 0.4) is 0 Å². The van der Waals surface area contributed by atoms with Gasteiger partial charge in [0.15, 0.2) is 0 Å². The van der Waals surface area contributed by atoms with Gasteiger partial charge < -0.3 is 15.4 Å². The van der Waals surface area contributed by atoms with Crippen molar-refractivity contribution in [3.63, 3.8) is 0 Å². The molecule has 0 aromatic carbocycles. The minimum absolute atomic E-state index is 0.0835. The number of carbonyl (C=O) groups excluding carboxylic acids is 1. The summed E-state index contributed by atoms with van der Waals surface area (Å²) in [6.07, 6.45) is 10.3. The molecular weight excluding hydrogens is 240 g/mol. The number of nitrogens with zero attached hydrogens (tertiary/aromatic N) is 1. The molecule has 0 spiro atoms. The maximum absolute atomic E-state index is 12.3. The molecule has 2 aliphatic rings. The molecule has 1 saturated carbocycles. The lowest BCUT2D eigenvalue weighted by molar-refractivity contribution is -0.134. The molecule has 1 amide bonds. The number of amides is 1. The molecule has 0 radical (unpaired) electrons. The summed E-state index contributed by atoms with van der Waals surface area (Å²) in [6.45, 7) is 1.21. The Balaban J connectivity index is 1.86. The maximum atomic E-state index is 12.3. The van der Waals surface area contributed by atoms with Crippen LogP contribution in [0.25, 0.3) is 0 Å². The van der Waals surface area contributed by atoms with Crippen molar-refractivity contribution in [2.45, 2.75) is 63.5 Å². The lowest BCUT2D eigenvalue weighted by Gasteiger charge is -2.31. The number of rotatable bonds is 5. The van der Waals surface area contributed by atoms with Gasteiger partial charge in [-0.25, -0.2) is 0 Å². The molecular formula is C15H28N2O2. The summed E-state index contributed by atoms with van der Waals surface area (Å²) >= 11 is 0. The van der Waals surface area contributed by atoms with E-state index in [9.17, 15) is 4.79 Å². The fourth-order valence-electron chi connectivity index (χ4n) is 3.64. The fourth-order valence-corrected chi connectivity index (χ4v) is 3.64. The maximum Gasteiger partial charge on any atom is 0.242 e. The van der Waals surface area contributed by atoms with Gasteiger partial charge in [-0.3, -0.25) is 4.79 Å². The third-order valence-corrected chi connectivity index (χ3v) is 4.65. The molecule has 1 aliphatic heterocycles. The molecule has 0 aromatic heterocycles. The van der Waals surface area contributed by atoms with E-state index in [0.29, 0.717) is 12.6 Å². The van der Waals surface area contributed by atoms with Crippen molar-refractivity contribution in [1.82, 2.24) is 4.90 Å². The van der Waals surface area contributed by atoms with Gasteiger partial charge in [-0.05, 0) is 25.2 Å². The molecule has 1 heterocycles. The quantitative estimate of drug-likeness (QED) is 0.829. The van der Waals surface area contributed by atoms with Crippen LogP contribution in [0.15, 0.2) is 0 Å². The Morgan fingerprint density at radius 1 is 1.26 bits per heavy atom. The number of likely N-dealkylation sites (tertiary alicyclic amines) is 1. The fraction of sp³-hybridized carbons (Fsp3) is 0.933. The molecule has 19 heavy (non-hydrogen) atoms. The van der Waals surface area contributed by atoms with Crippen molar-refractivity contribution in [2.24, 2.45) is 11.7 Å². The summed E-state index contributed by atoms with van der Waals surface area (Å²) in [4.78, 5) is 14.3. The van der Waals surface area contributed by atoms with E-state index >= 15 is 0 Å². The number of hydrogen-bond acceptors (Lipinski definition) is 3. The van der Waals surface area contributed by atoms with Crippen LogP contribution in [0.1, 0.15) is 51.4 Å². The summed E-state index contributed by atoms with van der Waals surface area (Å²) < 4.78 is 5.00. The highest BCUT2D eigenvalue weighted by Gasteiger charge is 2.33. The second kappa shape index (κ2) is 7.25. The first-order valence-electron chi connectivity index (χ1n) is 7.77. The van der Waals surface area contributed by atoms with Crippen LogP contribution in [0.5, 0.6) is 0 Å². The molecule has 4 heteroatoms. The number of ether oxygens (including phenoxy) is 1. The van der Waals surface area contributed by atoms with Crippen LogP contribution in [0.4, 0.5) is 0 Å². The Kier molecular flexibility index (Phi) is 5.64. The molecule has 4 nitrogen and oxygen atoms in total. The molecule has 0 aromatic rings. The van der Waals surface area contributed by atoms with Crippen molar-refractivity contribution in [3.8, 4) is 0 Å². The average Bonchev–Trinajstić information content (AvgIpc) is 2.87. The number of methoxy groups -OCH3 is 1. The summed E-state index contributed by atoms with van der Waals surface area (Å²) in [6, 6.07) is -0.0598. The monoisotopic (exact) mass is 268 g/mol. The van der Waals surface area contributed by atoms with E-state index in [0.717, 1.165) is 25.3 Å². The zero-order valence-electron chi connectivity index (χ0n) is 12.1. The molecule has 2 atom stereocenters. The Labute approximate surface area is 116 Å². The van der Waals surface area contributed by atoms with E-state index in [-0.39, 0.29) is 5.91 Å². The van der Waals surface area contributed by atoms with Crippen molar-refractivity contribution in [1.29, 1.82) is 0 Å². The van der Waals surface area contributed by atoms with E-state index < -0.39 is 6.04 Å². The topological polar surface area (TPSA) is 55.6 Å². The number of carbonyl (C=O) groups is 1. The van der Waals surface area contributed by atoms with Gasteiger partial charge in [0.25, 0.3) is 0 Å². The molecule has 2 fully saturated rings. The molecule has 2 rings (SSSR count). The highest BCUT2D eigenvalue weighted by atomic mass is 16.5. The normalized spacial score (nSPS) is 26.6. The second-order valence-electron chi connectivity index (χ2n) is 6.13. The summed E-state index contributed by atoms with van der Waals surface area (Å²) in [7, 11) is 1.59. The van der Waals surface area contributed by atoms with Gasteiger partial charge in [-0.1, -0.05) is 32.1 Å². The third-order valence-electron chi connectivity index (χ3n) is 4.65. The Morgan fingerprint density at radius 2 is 2.00 bits per heavy atom. The van der Waals surface area contributed by atoms with Gasteiger partial charge in [0.2, 0.25) is 5.91 Å². The highest BCUT2D eigenvalue weighted by molar-refractivity contribution is 5.82. The van der Waals surface area contributed by atoms with Crippen molar-refractivity contribution < 1.29 is 9.53 Å². The first-order chi connectivity index (χ1) is 9.22. The van der Waals surface area contributed by atoms with Crippen LogP contribution in [-0.4, -0.2) is 43.2 Å². The SMILES string of the molecule is COCC(N)C(=O)N1CCCC1CC1CCCCC1. The Hall–Kier alpha value is -0.610. The molecule has 0 bridgehead atoms. The standard InChI is InChI=1S/C15H28N2O2/c1-19-11-14(16)15(18)17-9-5-8-13(17)10-12-6-3-2-4-7-12/h12-14H,2-11,16H2,1H3. The Morgan fingerprint density at radius 3 is 2.68 bits per heavy atom. The van der Waals surface area contributed by atoms with Crippen molar-refractivity contribution in [3.05, 3.63) is 0 Å². The first kappa shape index (κ1) is 14.8. The first-order valence-corrected chi connectivity index (χ1v) is 7.77. The summed E-state index contributed by atoms with van der Waals surface area (Å²) in [5, 5.41) is 0. The summed E-state index contributed by atoms with van der Waals surface area (Å²) in [5.41, 5.74) is 5.89. The van der Waals surface area contributed by atoms with Gasteiger partial charge >= 0.3 is 0 Å². The van der Waals surface area contributed by atoms with E-state index in [1.54, 1.807) is 7.11 Å². The number of hydrogen-bond donors (Lipinski definition) is 1. The molecule has 1 aliphatic carbocycles. The third kappa shape index (κ3) is 3.93. The van der Waals surface area contributed by atoms with Crippen LogP contribution in [0.2, 0.25) is 0 Å². The van der Waals surface area contributed by atoms with E-state index in [2.05, 4.69) is 0 Å². The lowest BCUT2D eigenvalue weighted by atomic mass is 9.84. The molecule has 2 unspecified atom stereocenters. The van der Waals surface area contributed by atoms with Crippen LogP contribution in [-0.2, 0) is 9.53 Å². The van der Waals surface area contributed by atoms with E-state index in [1.807, 2.05) is 4.90 Å². The average molecular weight is 268 g/mol. The predicted molar refractivity (Wildman–Crippen MR) is 75.8 cm³/mol. The largest absolute Gasteiger partial charge is 0.383 e. The van der Waals surface area contributed by atoms with Gasteiger partial charge in [-0.2, -0.15) is 0 Å². The van der Waals surface area contributed by atoms with Crippen molar-refractivity contribution >= 4 is 5.91 Å². The van der Waals surface area contributed by atoms with Gasteiger partial charge in [-0.15, -0.1) is 0 Å². The Bertz CT molecular complexity index is 290. The predicted octanol–water partition coefficient (Wildman–Crippen LogP) is 1.92. The van der Waals surface area contributed by atoms with E-state index in [1.165, 1.54) is 38.5 Å². The zero-order chi connectivity index (χ0) is 13.7. The highest BCUT2D eigenvalue weighted by Crippen LogP contribution is 2.32. The lowest BCUT2D eigenvalue weighted by Crippen LogP contribution is -2.48. The molecule has 110 valence electrons. The molecule has 2 N–H and O–H groups in total. The minimum atomic E-state index is -0.489. The minimum Gasteiger partial charge on any atom is -0.383 e. The number of nitrogens with two attached hydrogens (primary N) is 1. The second-order valence-corrected chi connectivity index (χ2v) is 6.13. The molecule has 1 saturated heterocycles. The van der Waals surface area contributed by atoms with Crippen LogP contribution < -0.4 is 5.73 Å². The van der Waals surface area contributed by atoms with Crippen LogP contribution >= 0.6 is 0 Å². The van der Waals surface area contributed by atoms with E-state index in [4.69, 9.17) is 10.5 Å². The van der Waals surface area contributed by atoms with Gasteiger partial charge in [0.1, 0.15) is 6.04 Å². The van der Waals surface area contributed by atoms with Gasteiger partial charge in [0, 0.05) is 19.7 Å². The smallest absolute Gasteiger partial charge is 0.242 e.